The van der Waals surface area contributed by atoms with Gasteiger partial charge in [0.2, 0.25) is 0 Å². The first-order valence-corrected chi connectivity index (χ1v) is 9.03. The summed E-state index contributed by atoms with van der Waals surface area (Å²) < 4.78 is 9.43. The number of carboxylic acids is 1. The van der Waals surface area contributed by atoms with Crippen LogP contribution in [0.1, 0.15) is 5.56 Å². The minimum atomic E-state index is -1.17. The van der Waals surface area contributed by atoms with Gasteiger partial charge in [0.1, 0.15) is 18.4 Å². The molecule has 9 heteroatoms. The number of ether oxygens (including phenoxy) is 2. The number of aliphatic carboxylic acids is 1. The van der Waals surface area contributed by atoms with E-state index in [1.165, 1.54) is 7.11 Å². The second-order valence-electron chi connectivity index (χ2n) is 4.22. The van der Waals surface area contributed by atoms with Crippen molar-refractivity contribution in [3.8, 4) is 0 Å². The van der Waals surface area contributed by atoms with Crippen LogP contribution in [0.15, 0.2) is 30.3 Å². The van der Waals surface area contributed by atoms with E-state index in [0.29, 0.717) is 0 Å². The molecule has 0 aliphatic carbocycles. The van der Waals surface area contributed by atoms with Gasteiger partial charge in [-0.1, -0.05) is 51.9 Å². The zero-order valence-electron chi connectivity index (χ0n) is 12.4. The van der Waals surface area contributed by atoms with E-state index in [1.54, 1.807) is 12.1 Å². The highest BCUT2D eigenvalue weighted by Crippen LogP contribution is 2.22. The van der Waals surface area contributed by atoms with Gasteiger partial charge >= 0.3 is 18.0 Å². The van der Waals surface area contributed by atoms with Crippen LogP contribution >= 0.6 is 21.6 Å². The van der Waals surface area contributed by atoms with Crippen LogP contribution in [-0.4, -0.2) is 47.8 Å². The molecule has 1 aromatic carbocycles. The highest BCUT2D eigenvalue weighted by molar-refractivity contribution is 8.76. The number of carbonyl (C=O) groups excluding carboxylic acids is 2. The predicted molar refractivity (Wildman–Crippen MR) is 88.1 cm³/mol. The molecule has 1 rings (SSSR count). The number of carboxylic acid groups (broad SMARTS) is 1. The summed E-state index contributed by atoms with van der Waals surface area (Å²) in [5.41, 5.74) is 0.803. The lowest BCUT2D eigenvalue weighted by Crippen LogP contribution is -2.42. The fourth-order valence-electron chi connectivity index (χ4n) is 1.35. The summed E-state index contributed by atoms with van der Waals surface area (Å²) in [7, 11) is 3.59. The SMILES string of the molecule is COC(=O)CSSC[C@H](NC(=O)OCc1ccccc1)C(=O)O. The number of nitrogens with one attached hydrogen (secondary N) is 1. The monoisotopic (exact) mass is 359 g/mol. The quantitative estimate of drug-likeness (QED) is 0.392. The zero-order chi connectivity index (χ0) is 17.1. The maximum atomic E-state index is 11.6. The van der Waals surface area contributed by atoms with Crippen LogP contribution in [0.2, 0.25) is 0 Å². The summed E-state index contributed by atoms with van der Waals surface area (Å²) in [4.78, 5) is 33.7. The van der Waals surface area contributed by atoms with Crippen molar-refractivity contribution < 1.29 is 29.0 Å². The third-order valence-corrected chi connectivity index (χ3v) is 4.78. The smallest absolute Gasteiger partial charge is 0.408 e. The Hall–Kier alpha value is -1.87. The number of hydrogen-bond acceptors (Lipinski definition) is 7. The number of methoxy groups -OCH3 is 1. The first-order chi connectivity index (χ1) is 11.0. The zero-order valence-corrected chi connectivity index (χ0v) is 14.0. The normalized spacial score (nSPS) is 11.3. The summed E-state index contributed by atoms with van der Waals surface area (Å²) >= 11 is 0. The van der Waals surface area contributed by atoms with Crippen LogP contribution in [0.3, 0.4) is 0 Å². The summed E-state index contributed by atoms with van der Waals surface area (Å²) in [6, 6.07) is 7.95. The Labute approximate surface area is 141 Å². The Bertz CT molecular complexity index is 525. The number of benzene rings is 1. The van der Waals surface area contributed by atoms with E-state index in [2.05, 4.69) is 10.1 Å². The van der Waals surface area contributed by atoms with Crippen molar-refractivity contribution in [1.82, 2.24) is 5.32 Å². The Kier molecular flexibility index (Phi) is 9.00. The molecule has 0 aliphatic rings. The number of rotatable bonds is 9. The minimum Gasteiger partial charge on any atom is -0.480 e. The molecule has 1 aromatic rings. The standard InChI is InChI=1S/C14H17NO6S2/c1-20-12(16)9-23-22-8-11(13(17)18)15-14(19)21-7-10-5-3-2-4-6-10/h2-6,11H,7-9H2,1H3,(H,15,19)(H,17,18)/t11-/m0/s1. The molecule has 0 unspecified atom stereocenters. The third kappa shape index (κ3) is 8.36. The maximum Gasteiger partial charge on any atom is 0.408 e. The lowest BCUT2D eigenvalue weighted by Gasteiger charge is -2.14. The fraction of sp³-hybridized carbons (Fsp3) is 0.357. The first-order valence-electron chi connectivity index (χ1n) is 6.54. The highest BCUT2D eigenvalue weighted by Gasteiger charge is 2.21. The second-order valence-corrected chi connectivity index (χ2v) is 6.73. The minimum absolute atomic E-state index is 0.0588. The van der Waals surface area contributed by atoms with Crippen molar-refractivity contribution in [1.29, 1.82) is 0 Å². The van der Waals surface area contributed by atoms with Crippen molar-refractivity contribution in [3.05, 3.63) is 35.9 Å². The number of hydrogen-bond donors (Lipinski definition) is 2. The van der Waals surface area contributed by atoms with Gasteiger partial charge in [0, 0.05) is 5.75 Å². The predicted octanol–water partition coefficient (Wildman–Crippen LogP) is 1.92. The Morgan fingerprint density at radius 2 is 1.91 bits per heavy atom. The summed E-state index contributed by atoms with van der Waals surface area (Å²) in [5.74, 6) is -1.37. The largest absolute Gasteiger partial charge is 0.480 e. The molecule has 0 saturated heterocycles. The molecule has 0 spiro atoms. The van der Waals surface area contributed by atoms with Crippen LogP contribution in [0.5, 0.6) is 0 Å². The fourth-order valence-corrected chi connectivity index (χ4v) is 3.34. The molecule has 0 radical (unpaired) electrons. The van der Waals surface area contributed by atoms with Crippen LogP contribution < -0.4 is 5.32 Å². The maximum absolute atomic E-state index is 11.6. The molecular formula is C14H17NO6S2. The van der Waals surface area contributed by atoms with E-state index >= 15 is 0 Å². The topological polar surface area (TPSA) is 102 Å². The Balaban J connectivity index is 2.32. The van der Waals surface area contributed by atoms with Crippen LogP contribution in [0.25, 0.3) is 0 Å². The first kappa shape index (κ1) is 19.2. The van der Waals surface area contributed by atoms with Crippen LogP contribution in [0, 0.1) is 0 Å². The Morgan fingerprint density at radius 1 is 1.22 bits per heavy atom. The highest BCUT2D eigenvalue weighted by atomic mass is 33.1. The van der Waals surface area contributed by atoms with Gasteiger partial charge in [-0.15, -0.1) is 0 Å². The summed E-state index contributed by atoms with van der Waals surface area (Å²) in [6.45, 7) is 0.0588. The molecule has 0 saturated carbocycles. The van der Waals surface area contributed by atoms with E-state index in [4.69, 9.17) is 9.84 Å². The molecule has 0 aromatic heterocycles. The van der Waals surface area contributed by atoms with E-state index in [0.717, 1.165) is 27.2 Å². The molecule has 0 bridgehead atoms. The van der Waals surface area contributed by atoms with Crippen molar-refractivity contribution in [2.75, 3.05) is 18.6 Å². The molecular weight excluding hydrogens is 342 g/mol. The lowest BCUT2D eigenvalue weighted by molar-refractivity contribution is -0.139. The molecule has 1 atom stereocenters. The van der Waals surface area contributed by atoms with Gasteiger partial charge < -0.3 is 19.9 Å². The van der Waals surface area contributed by atoms with Crippen LogP contribution in [0.4, 0.5) is 4.79 Å². The van der Waals surface area contributed by atoms with Gasteiger partial charge in [-0.05, 0) is 5.56 Å². The second kappa shape index (κ2) is 10.8. The van der Waals surface area contributed by atoms with Crippen molar-refractivity contribution in [3.63, 3.8) is 0 Å². The van der Waals surface area contributed by atoms with Crippen LogP contribution in [-0.2, 0) is 25.7 Å². The summed E-state index contributed by atoms with van der Waals surface area (Å²) in [6.07, 6.45) is -0.806. The van der Waals surface area contributed by atoms with Gasteiger partial charge in [-0.25, -0.2) is 9.59 Å². The molecule has 0 fully saturated rings. The number of carbonyl (C=O) groups is 3. The molecule has 0 heterocycles. The molecule has 126 valence electrons. The van der Waals surface area contributed by atoms with Crippen molar-refractivity contribution in [2.24, 2.45) is 0 Å². The third-order valence-electron chi connectivity index (χ3n) is 2.53. The summed E-state index contributed by atoms with van der Waals surface area (Å²) in [5, 5.41) is 11.4. The van der Waals surface area contributed by atoms with Gasteiger partial charge in [-0.2, -0.15) is 0 Å². The molecule has 1 amide bonds. The lowest BCUT2D eigenvalue weighted by atomic mass is 10.2. The molecule has 23 heavy (non-hydrogen) atoms. The van der Waals surface area contributed by atoms with E-state index in [-0.39, 0.29) is 18.1 Å². The number of esters is 1. The van der Waals surface area contributed by atoms with Gasteiger partial charge in [-0.3, -0.25) is 4.79 Å². The average molecular weight is 359 g/mol. The number of alkyl carbamates (subject to hydrolysis) is 1. The molecule has 7 nitrogen and oxygen atoms in total. The number of amides is 1. The van der Waals surface area contributed by atoms with Crippen molar-refractivity contribution >= 4 is 39.6 Å². The van der Waals surface area contributed by atoms with Gasteiger partial charge in [0.15, 0.2) is 0 Å². The molecule has 0 aliphatic heterocycles. The average Bonchev–Trinajstić information content (AvgIpc) is 2.56. The van der Waals surface area contributed by atoms with Gasteiger partial charge in [0.25, 0.3) is 0 Å². The van der Waals surface area contributed by atoms with Gasteiger partial charge in [0.05, 0.1) is 7.11 Å². The van der Waals surface area contributed by atoms with E-state index in [1.807, 2.05) is 18.2 Å². The Morgan fingerprint density at radius 3 is 2.52 bits per heavy atom. The van der Waals surface area contributed by atoms with E-state index in [9.17, 15) is 14.4 Å². The van der Waals surface area contributed by atoms with E-state index < -0.39 is 24.1 Å². The van der Waals surface area contributed by atoms with Crippen molar-refractivity contribution in [2.45, 2.75) is 12.6 Å². The molecule has 2 N–H and O–H groups in total.